The molecule has 1 atom stereocenters. The molecular weight excluding hydrogens is 279 g/mol. The standard InChI is InChI=1S/C15H14ClFN2O/c1-10(11-3-5-13(16)6-4-11)19(2)15(20)12-7-8-18-14(17)9-12/h3-10H,1-2H3. The average molecular weight is 293 g/mol. The molecule has 0 saturated carbocycles. The minimum atomic E-state index is -0.664. The van der Waals surface area contributed by atoms with Gasteiger partial charge in [0.05, 0.1) is 6.04 Å². The second kappa shape index (κ2) is 6.01. The summed E-state index contributed by atoms with van der Waals surface area (Å²) in [4.78, 5) is 17.3. The van der Waals surface area contributed by atoms with E-state index < -0.39 is 5.95 Å². The van der Waals surface area contributed by atoms with Gasteiger partial charge in [-0.05, 0) is 30.7 Å². The van der Waals surface area contributed by atoms with E-state index in [2.05, 4.69) is 4.98 Å². The fourth-order valence-electron chi connectivity index (χ4n) is 1.88. The maximum Gasteiger partial charge on any atom is 0.254 e. The van der Waals surface area contributed by atoms with Crippen LogP contribution in [-0.2, 0) is 0 Å². The van der Waals surface area contributed by atoms with Crippen molar-refractivity contribution in [2.45, 2.75) is 13.0 Å². The molecule has 1 aromatic heterocycles. The Morgan fingerprint density at radius 3 is 2.55 bits per heavy atom. The van der Waals surface area contributed by atoms with E-state index in [1.165, 1.54) is 12.3 Å². The van der Waals surface area contributed by atoms with E-state index in [1.807, 2.05) is 19.1 Å². The molecule has 20 heavy (non-hydrogen) atoms. The Hall–Kier alpha value is -1.94. The van der Waals surface area contributed by atoms with Gasteiger partial charge in [-0.2, -0.15) is 4.39 Å². The highest BCUT2D eigenvalue weighted by Gasteiger charge is 2.19. The number of nitrogens with zero attached hydrogens (tertiary/aromatic N) is 2. The molecule has 0 N–H and O–H groups in total. The Kier molecular flexibility index (Phi) is 4.35. The van der Waals surface area contributed by atoms with Crippen LogP contribution in [0.15, 0.2) is 42.6 Å². The Labute approximate surface area is 122 Å². The molecule has 0 saturated heterocycles. The van der Waals surface area contributed by atoms with Gasteiger partial charge in [-0.1, -0.05) is 23.7 Å². The second-order valence-electron chi connectivity index (χ2n) is 4.51. The molecule has 0 fully saturated rings. The zero-order chi connectivity index (χ0) is 14.7. The third-order valence-corrected chi connectivity index (χ3v) is 3.48. The molecule has 0 radical (unpaired) electrons. The number of hydrogen-bond donors (Lipinski definition) is 0. The van der Waals surface area contributed by atoms with E-state index in [0.29, 0.717) is 5.02 Å². The van der Waals surface area contributed by atoms with Crippen LogP contribution in [0.1, 0.15) is 28.9 Å². The van der Waals surface area contributed by atoms with Crippen LogP contribution in [0.4, 0.5) is 4.39 Å². The van der Waals surface area contributed by atoms with Gasteiger partial charge < -0.3 is 4.90 Å². The summed E-state index contributed by atoms with van der Waals surface area (Å²) in [5, 5.41) is 0.645. The first-order valence-corrected chi connectivity index (χ1v) is 6.51. The van der Waals surface area contributed by atoms with E-state index in [1.54, 1.807) is 24.1 Å². The van der Waals surface area contributed by atoms with Crippen LogP contribution in [-0.4, -0.2) is 22.8 Å². The van der Waals surface area contributed by atoms with Gasteiger partial charge in [0.15, 0.2) is 0 Å². The molecule has 0 aliphatic heterocycles. The fourth-order valence-corrected chi connectivity index (χ4v) is 2.01. The van der Waals surface area contributed by atoms with Crippen molar-refractivity contribution in [3.63, 3.8) is 0 Å². The molecule has 1 amide bonds. The Balaban J connectivity index is 2.20. The first-order chi connectivity index (χ1) is 9.49. The molecule has 1 heterocycles. The Bertz CT molecular complexity index is 616. The van der Waals surface area contributed by atoms with E-state index in [0.717, 1.165) is 11.6 Å². The molecule has 2 rings (SSSR count). The first kappa shape index (κ1) is 14.5. The van der Waals surface area contributed by atoms with Gasteiger partial charge in [-0.3, -0.25) is 4.79 Å². The summed E-state index contributed by atoms with van der Waals surface area (Å²) < 4.78 is 13.1. The zero-order valence-electron chi connectivity index (χ0n) is 11.2. The molecule has 3 nitrogen and oxygen atoms in total. The summed E-state index contributed by atoms with van der Waals surface area (Å²) >= 11 is 5.84. The van der Waals surface area contributed by atoms with Crippen LogP contribution < -0.4 is 0 Å². The molecule has 104 valence electrons. The zero-order valence-corrected chi connectivity index (χ0v) is 11.9. The molecule has 0 bridgehead atoms. The van der Waals surface area contributed by atoms with Crippen LogP contribution in [0.3, 0.4) is 0 Å². The maximum absolute atomic E-state index is 13.1. The Morgan fingerprint density at radius 1 is 1.30 bits per heavy atom. The third kappa shape index (κ3) is 3.14. The minimum absolute atomic E-state index is 0.143. The molecule has 5 heteroatoms. The summed E-state index contributed by atoms with van der Waals surface area (Å²) in [6, 6.07) is 9.77. The summed E-state index contributed by atoms with van der Waals surface area (Å²) in [6.07, 6.45) is 1.28. The van der Waals surface area contributed by atoms with Crippen molar-refractivity contribution in [2.24, 2.45) is 0 Å². The monoisotopic (exact) mass is 292 g/mol. The number of rotatable bonds is 3. The van der Waals surface area contributed by atoms with Crippen LogP contribution in [0.5, 0.6) is 0 Å². The second-order valence-corrected chi connectivity index (χ2v) is 4.95. The van der Waals surface area contributed by atoms with Crippen LogP contribution in [0.2, 0.25) is 5.02 Å². The number of pyridine rings is 1. The minimum Gasteiger partial charge on any atom is -0.335 e. The van der Waals surface area contributed by atoms with E-state index >= 15 is 0 Å². The van der Waals surface area contributed by atoms with Gasteiger partial charge in [-0.25, -0.2) is 4.98 Å². The molecule has 2 aromatic rings. The van der Waals surface area contributed by atoms with Crippen LogP contribution in [0.25, 0.3) is 0 Å². The van der Waals surface area contributed by atoms with Gasteiger partial charge >= 0.3 is 0 Å². The molecule has 0 aliphatic carbocycles. The van der Waals surface area contributed by atoms with E-state index in [9.17, 15) is 9.18 Å². The molecule has 0 aliphatic rings. The lowest BCUT2D eigenvalue weighted by Gasteiger charge is -2.25. The van der Waals surface area contributed by atoms with Crippen molar-refractivity contribution in [2.75, 3.05) is 7.05 Å². The Morgan fingerprint density at radius 2 is 1.95 bits per heavy atom. The van der Waals surface area contributed by atoms with Crippen LogP contribution >= 0.6 is 11.6 Å². The van der Waals surface area contributed by atoms with Crippen molar-refractivity contribution in [1.29, 1.82) is 0 Å². The SMILES string of the molecule is CC(c1ccc(Cl)cc1)N(C)C(=O)c1ccnc(F)c1. The van der Waals surface area contributed by atoms with Crippen molar-refractivity contribution in [1.82, 2.24) is 9.88 Å². The lowest BCUT2D eigenvalue weighted by Crippen LogP contribution is -2.29. The van der Waals surface area contributed by atoms with Crippen molar-refractivity contribution >= 4 is 17.5 Å². The number of aromatic nitrogens is 1. The highest BCUT2D eigenvalue weighted by atomic mass is 35.5. The summed E-state index contributed by atoms with van der Waals surface area (Å²) in [6.45, 7) is 1.90. The largest absolute Gasteiger partial charge is 0.335 e. The number of halogens is 2. The van der Waals surface area contributed by atoms with Gasteiger partial charge in [-0.15, -0.1) is 0 Å². The predicted octanol–water partition coefficient (Wildman–Crippen LogP) is 3.71. The van der Waals surface area contributed by atoms with Gasteiger partial charge in [0, 0.05) is 29.9 Å². The highest BCUT2D eigenvalue weighted by Crippen LogP contribution is 2.22. The third-order valence-electron chi connectivity index (χ3n) is 3.23. The number of carbonyl (C=O) groups excluding carboxylic acids is 1. The lowest BCUT2D eigenvalue weighted by atomic mass is 10.1. The topological polar surface area (TPSA) is 33.2 Å². The summed E-state index contributed by atoms with van der Waals surface area (Å²) in [5.74, 6) is -0.919. The van der Waals surface area contributed by atoms with E-state index in [4.69, 9.17) is 11.6 Å². The number of hydrogen-bond acceptors (Lipinski definition) is 2. The first-order valence-electron chi connectivity index (χ1n) is 6.13. The summed E-state index contributed by atoms with van der Waals surface area (Å²) in [5.41, 5.74) is 1.24. The molecule has 1 aromatic carbocycles. The summed E-state index contributed by atoms with van der Waals surface area (Å²) in [7, 11) is 1.68. The fraction of sp³-hybridized carbons (Fsp3) is 0.200. The number of amides is 1. The van der Waals surface area contributed by atoms with Crippen molar-refractivity contribution in [3.8, 4) is 0 Å². The predicted molar refractivity (Wildman–Crippen MR) is 76.2 cm³/mol. The van der Waals surface area contributed by atoms with Crippen LogP contribution in [0, 0.1) is 5.95 Å². The highest BCUT2D eigenvalue weighted by molar-refractivity contribution is 6.30. The van der Waals surface area contributed by atoms with Crippen molar-refractivity contribution < 1.29 is 9.18 Å². The van der Waals surface area contributed by atoms with E-state index in [-0.39, 0.29) is 17.5 Å². The maximum atomic E-state index is 13.1. The smallest absolute Gasteiger partial charge is 0.254 e. The van der Waals surface area contributed by atoms with Gasteiger partial charge in [0.25, 0.3) is 5.91 Å². The molecule has 0 spiro atoms. The lowest BCUT2D eigenvalue weighted by molar-refractivity contribution is 0.0742. The molecular formula is C15H14ClFN2O. The van der Waals surface area contributed by atoms with Gasteiger partial charge in [0.2, 0.25) is 5.95 Å². The van der Waals surface area contributed by atoms with Gasteiger partial charge in [0.1, 0.15) is 0 Å². The number of carbonyl (C=O) groups is 1. The van der Waals surface area contributed by atoms with Crippen molar-refractivity contribution in [3.05, 3.63) is 64.7 Å². The number of benzene rings is 1. The molecule has 1 unspecified atom stereocenters. The average Bonchev–Trinajstić information content (AvgIpc) is 2.46. The quantitative estimate of drug-likeness (QED) is 0.808. The normalized spacial score (nSPS) is 12.0.